The highest BCUT2D eigenvalue weighted by Crippen LogP contribution is 2.32. The molecule has 27 heavy (non-hydrogen) atoms. The van der Waals surface area contributed by atoms with E-state index in [2.05, 4.69) is 9.95 Å². The maximum absolute atomic E-state index is 11.3. The van der Waals surface area contributed by atoms with Gasteiger partial charge >= 0.3 is 5.97 Å². The van der Waals surface area contributed by atoms with Gasteiger partial charge in [0, 0.05) is 33.9 Å². The van der Waals surface area contributed by atoms with Crippen LogP contribution in [0.1, 0.15) is 18.1 Å². The summed E-state index contributed by atoms with van der Waals surface area (Å²) in [5.41, 5.74) is 2.94. The van der Waals surface area contributed by atoms with Crippen molar-refractivity contribution in [2.45, 2.75) is 19.9 Å². The van der Waals surface area contributed by atoms with Gasteiger partial charge in [0.1, 0.15) is 5.75 Å². The average Bonchev–Trinajstić information content (AvgIpc) is 3.17. The zero-order valence-corrected chi connectivity index (χ0v) is 16.3. The Morgan fingerprint density at radius 3 is 2.81 bits per heavy atom. The number of carboxylic acids is 1. The summed E-state index contributed by atoms with van der Waals surface area (Å²) >= 11 is 7.86. The van der Waals surface area contributed by atoms with Gasteiger partial charge in [0.25, 0.3) is 0 Å². The minimum atomic E-state index is -0.837. The van der Waals surface area contributed by atoms with Crippen molar-refractivity contribution in [1.29, 1.82) is 0 Å². The Morgan fingerprint density at radius 2 is 2.04 bits per heavy atom. The zero-order valence-electron chi connectivity index (χ0n) is 14.7. The lowest BCUT2D eigenvalue weighted by atomic mass is 10.1. The first kappa shape index (κ1) is 17.9. The summed E-state index contributed by atoms with van der Waals surface area (Å²) in [4.78, 5) is 11.3. The molecule has 2 aromatic heterocycles. The maximum atomic E-state index is 11.3. The summed E-state index contributed by atoms with van der Waals surface area (Å²) in [7, 11) is 0. The van der Waals surface area contributed by atoms with Crippen molar-refractivity contribution in [2.75, 3.05) is 6.61 Å². The third-order valence-corrected chi connectivity index (χ3v) is 5.79. The summed E-state index contributed by atoms with van der Waals surface area (Å²) in [5, 5.41) is 14.2. The highest BCUT2D eigenvalue weighted by atomic mass is 35.5. The molecule has 0 spiro atoms. The monoisotopic (exact) mass is 399 g/mol. The van der Waals surface area contributed by atoms with Crippen LogP contribution < -0.4 is 4.74 Å². The van der Waals surface area contributed by atoms with Gasteiger partial charge in [-0.2, -0.15) is 0 Å². The Morgan fingerprint density at radius 1 is 1.19 bits per heavy atom. The van der Waals surface area contributed by atoms with Crippen molar-refractivity contribution in [2.24, 2.45) is 0 Å². The number of aromatic nitrogens is 1. The van der Waals surface area contributed by atoms with Gasteiger partial charge in [0.15, 0.2) is 0 Å². The molecule has 0 aliphatic rings. The first-order valence-electron chi connectivity index (χ1n) is 8.67. The molecular formula is C21H18ClNO3S. The van der Waals surface area contributed by atoms with Crippen LogP contribution in [0.4, 0.5) is 0 Å². The molecule has 0 saturated carbocycles. The Bertz CT molecular complexity index is 1150. The fourth-order valence-electron chi connectivity index (χ4n) is 3.40. The number of hydrogen-bond acceptors (Lipinski definition) is 3. The first-order valence-corrected chi connectivity index (χ1v) is 9.93. The molecule has 0 aliphatic heterocycles. The van der Waals surface area contributed by atoms with Crippen molar-refractivity contribution in [3.05, 3.63) is 64.1 Å². The molecule has 2 aromatic carbocycles. The van der Waals surface area contributed by atoms with E-state index in [9.17, 15) is 9.90 Å². The Kier molecular flexibility index (Phi) is 4.81. The summed E-state index contributed by atoms with van der Waals surface area (Å²) < 4.78 is 8.92. The summed E-state index contributed by atoms with van der Waals surface area (Å²) in [6.45, 7) is 3.17. The predicted molar refractivity (Wildman–Crippen MR) is 110 cm³/mol. The van der Waals surface area contributed by atoms with Gasteiger partial charge in [-0.25, -0.2) is 0 Å². The number of aliphatic carboxylic acids is 1. The molecule has 1 N–H and O–H groups in total. The van der Waals surface area contributed by atoms with E-state index in [1.807, 2.05) is 49.5 Å². The third kappa shape index (κ3) is 3.53. The normalized spacial score (nSPS) is 11.3. The second kappa shape index (κ2) is 7.25. The van der Waals surface area contributed by atoms with Crippen molar-refractivity contribution in [3.63, 3.8) is 0 Å². The molecule has 0 radical (unpaired) electrons. The molecule has 4 nitrogen and oxygen atoms in total. The Balaban J connectivity index is 1.82. The number of benzene rings is 2. The second-order valence-corrected chi connectivity index (χ2v) is 7.71. The fraction of sp³-hybridized carbons (Fsp3) is 0.190. The SMILES string of the molecule is CCOc1ccc2c(CC(=O)O)cn(Cc3csc4ccc(Cl)cc34)c2c1. The van der Waals surface area contributed by atoms with Crippen LogP contribution in [0.5, 0.6) is 5.75 Å². The molecule has 0 aliphatic carbocycles. The van der Waals surface area contributed by atoms with Gasteiger partial charge in [0.2, 0.25) is 0 Å². The minimum Gasteiger partial charge on any atom is -0.494 e. The summed E-state index contributed by atoms with van der Waals surface area (Å²) in [5.74, 6) is -0.0554. The Labute approximate surface area is 165 Å². The quantitative estimate of drug-likeness (QED) is 0.460. The molecule has 138 valence electrons. The molecular weight excluding hydrogens is 382 g/mol. The van der Waals surface area contributed by atoms with Gasteiger partial charge in [-0.1, -0.05) is 11.6 Å². The predicted octanol–water partition coefficient (Wildman–Crippen LogP) is 5.58. The molecule has 2 heterocycles. The van der Waals surface area contributed by atoms with Crippen LogP contribution in [0, 0.1) is 0 Å². The topological polar surface area (TPSA) is 51.5 Å². The average molecular weight is 400 g/mol. The highest BCUT2D eigenvalue weighted by molar-refractivity contribution is 7.17. The Hall–Kier alpha value is -2.50. The van der Waals surface area contributed by atoms with E-state index in [4.69, 9.17) is 16.3 Å². The van der Waals surface area contributed by atoms with E-state index in [-0.39, 0.29) is 6.42 Å². The molecule has 0 fully saturated rings. The number of carbonyl (C=O) groups is 1. The van der Waals surface area contributed by atoms with E-state index in [0.29, 0.717) is 18.2 Å². The van der Waals surface area contributed by atoms with Crippen LogP contribution in [-0.4, -0.2) is 22.2 Å². The van der Waals surface area contributed by atoms with E-state index < -0.39 is 5.97 Å². The van der Waals surface area contributed by atoms with Gasteiger partial charge < -0.3 is 14.4 Å². The minimum absolute atomic E-state index is 0.00626. The van der Waals surface area contributed by atoms with Crippen LogP contribution in [0.3, 0.4) is 0 Å². The summed E-state index contributed by atoms with van der Waals surface area (Å²) in [6.07, 6.45) is 1.93. The zero-order chi connectivity index (χ0) is 19.0. The van der Waals surface area contributed by atoms with E-state index >= 15 is 0 Å². The molecule has 0 unspecified atom stereocenters. The number of halogens is 1. The number of ether oxygens (including phenoxy) is 1. The smallest absolute Gasteiger partial charge is 0.307 e. The van der Waals surface area contributed by atoms with E-state index in [1.165, 1.54) is 4.70 Å². The molecule has 6 heteroatoms. The molecule has 4 aromatic rings. The van der Waals surface area contributed by atoms with Crippen LogP contribution in [0.15, 0.2) is 48.0 Å². The lowest BCUT2D eigenvalue weighted by Gasteiger charge is -2.07. The van der Waals surface area contributed by atoms with E-state index in [1.54, 1.807) is 11.3 Å². The van der Waals surface area contributed by atoms with Crippen LogP contribution in [0.2, 0.25) is 5.02 Å². The van der Waals surface area contributed by atoms with Crippen molar-refractivity contribution in [3.8, 4) is 5.75 Å². The van der Waals surface area contributed by atoms with E-state index in [0.717, 1.165) is 33.2 Å². The van der Waals surface area contributed by atoms with Gasteiger partial charge in [-0.15, -0.1) is 11.3 Å². The maximum Gasteiger partial charge on any atom is 0.307 e. The van der Waals surface area contributed by atoms with Crippen molar-refractivity contribution >= 4 is 49.9 Å². The van der Waals surface area contributed by atoms with Gasteiger partial charge in [-0.05, 0) is 59.1 Å². The first-order chi connectivity index (χ1) is 13.0. The second-order valence-electron chi connectivity index (χ2n) is 6.37. The number of nitrogens with zero attached hydrogens (tertiary/aromatic N) is 1. The van der Waals surface area contributed by atoms with Crippen LogP contribution >= 0.6 is 22.9 Å². The van der Waals surface area contributed by atoms with Crippen LogP contribution in [-0.2, 0) is 17.8 Å². The summed E-state index contributed by atoms with van der Waals surface area (Å²) in [6, 6.07) is 11.7. The van der Waals surface area contributed by atoms with Crippen molar-refractivity contribution in [1.82, 2.24) is 4.57 Å². The number of rotatable bonds is 6. The fourth-order valence-corrected chi connectivity index (χ4v) is 4.51. The number of fused-ring (bicyclic) bond motifs is 2. The van der Waals surface area contributed by atoms with Gasteiger partial charge in [-0.3, -0.25) is 4.79 Å². The third-order valence-electron chi connectivity index (χ3n) is 4.55. The lowest BCUT2D eigenvalue weighted by molar-refractivity contribution is -0.136. The van der Waals surface area contributed by atoms with Crippen LogP contribution in [0.25, 0.3) is 21.0 Å². The van der Waals surface area contributed by atoms with Gasteiger partial charge in [0.05, 0.1) is 18.5 Å². The standard InChI is InChI=1S/C21H18ClNO3S/c1-2-26-16-4-5-17-13(7-21(24)25)10-23(19(17)9-16)11-14-12-27-20-6-3-15(22)8-18(14)20/h3-6,8-10,12H,2,7,11H2,1H3,(H,24,25). The lowest BCUT2D eigenvalue weighted by Crippen LogP contribution is -2.00. The molecule has 0 atom stereocenters. The number of thiophene rings is 1. The highest BCUT2D eigenvalue weighted by Gasteiger charge is 2.14. The number of carboxylic acid groups (broad SMARTS) is 1. The molecule has 0 bridgehead atoms. The van der Waals surface area contributed by atoms with Crippen molar-refractivity contribution < 1.29 is 14.6 Å². The molecule has 0 amide bonds. The molecule has 0 saturated heterocycles. The number of hydrogen-bond donors (Lipinski definition) is 1. The largest absolute Gasteiger partial charge is 0.494 e. The molecule has 4 rings (SSSR count).